The van der Waals surface area contributed by atoms with E-state index in [1.807, 2.05) is 0 Å². The maximum absolute atomic E-state index is 3.59. The van der Waals surface area contributed by atoms with Crippen LogP contribution in [0.5, 0.6) is 0 Å². The van der Waals surface area contributed by atoms with Crippen LogP contribution in [0, 0.1) is 5.92 Å². The predicted molar refractivity (Wildman–Crippen MR) is 74.5 cm³/mol. The SMILES string of the molecule is CCNC1CCN(CC(C)C)c2ccccc21. The van der Waals surface area contributed by atoms with Gasteiger partial charge in [0.15, 0.2) is 0 Å². The third kappa shape index (κ3) is 2.81. The molecule has 2 nitrogen and oxygen atoms in total. The summed E-state index contributed by atoms with van der Waals surface area (Å²) in [6, 6.07) is 9.39. The van der Waals surface area contributed by atoms with Gasteiger partial charge >= 0.3 is 0 Å². The summed E-state index contributed by atoms with van der Waals surface area (Å²) in [6.45, 7) is 10.1. The molecule has 0 aliphatic carbocycles. The number of hydrogen-bond acceptors (Lipinski definition) is 2. The van der Waals surface area contributed by atoms with E-state index in [2.05, 4.69) is 55.3 Å². The monoisotopic (exact) mass is 232 g/mol. The van der Waals surface area contributed by atoms with Crippen molar-refractivity contribution in [3.63, 3.8) is 0 Å². The molecule has 0 amide bonds. The van der Waals surface area contributed by atoms with E-state index in [1.165, 1.54) is 24.2 Å². The van der Waals surface area contributed by atoms with Gasteiger partial charge in [-0.2, -0.15) is 0 Å². The third-order valence-electron chi connectivity index (χ3n) is 3.38. The first kappa shape index (κ1) is 12.4. The number of anilines is 1. The van der Waals surface area contributed by atoms with Gasteiger partial charge in [-0.25, -0.2) is 0 Å². The number of hydrogen-bond donors (Lipinski definition) is 1. The molecule has 1 unspecified atom stereocenters. The lowest BCUT2D eigenvalue weighted by atomic mass is 9.95. The van der Waals surface area contributed by atoms with Crippen LogP contribution < -0.4 is 10.2 Å². The maximum Gasteiger partial charge on any atom is 0.0414 e. The van der Waals surface area contributed by atoms with Gasteiger partial charge in [-0.15, -0.1) is 0 Å². The molecule has 2 heteroatoms. The highest BCUT2D eigenvalue weighted by Gasteiger charge is 2.23. The molecule has 1 aromatic carbocycles. The van der Waals surface area contributed by atoms with E-state index in [1.54, 1.807) is 0 Å². The van der Waals surface area contributed by atoms with Crippen LogP contribution in [0.2, 0.25) is 0 Å². The highest BCUT2D eigenvalue weighted by atomic mass is 15.1. The molecule has 1 N–H and O–H groups in total. The Labute approximate surface area is 105 Å². The van der Waals surface area contributed by atoms with E-state index in [4.69, 9.17) is 0 Å². The number of nitrogens with zero attached hydrogens (tertiary/aromatic N) is 1. The van der Waals surface area contributed by atoms with Gasteiger partial charge in [0.1, 0.15) is 0 Å². The lowest BCUT2D eigenvalue weighted by Crippen LogP contribution is -2.37. The van der Waals surface area contributed by atoms with E-state index in [0.717, 1.165) is 19.0 Å². The third-order valence-corrected chi connectivity index (χ3v) is 3.38. The van der Waals surface area contributed by atoms with Crippen LogP contribution in [-0.2, 0) is 0 Å². The quantitative estimate of drug-likeness (QED) is 0.857. The van der Waals surface area contributed by atoms with E-state index >= 15 is 0 Å². The van der Waals surface area contributed by atoms with E-state index in [-0.39, 0.29) is 0 Å². The summed E-state index contributed by atoms with van der Waals surface area (Å²) in [5.41, 5.74) is 2.90. The molecule has 0 saturated heterocycles. The Morgan fingerprint density at radius 1 is 1.35 bits per heavy atom. The maximum atomic E-state index is 3.59. The highest BCUT2D eigenvalue weighted by Crippen LogP contribution is 2.33. The van der Waals surface area contributed by atoms with E-state index in [9.17, 15) is 0 Å². The summed E-state index contributed by atoms with van der Waals surface area (Å²) < 4.78 is 0. The van der Waals surface area contributed by atoms with Gasteiger partial charge in [-0.1, -0.05) is 39.0 Å². The molecular weight excluding hydrogens is 208 g/mol. The summed E-state index contributed by atoms with van der Waals surface area (Å²) in [5.74, 6) is 0.721. The highest BCUT2D eigenvalue weighted by molar-refractivity contribution is 5.57. The van der Waals surface area contributed by atoms with Crippen molar-refractivity contribution in [2.45, 2.75) is 33.2 Å². The molecular formula is C15H24N2. The normalized spacial score (nSPS) is 19.5. The standard InChI is InChI=1S/C15H24N2/c1-4-16-14-9-10-17(11-12(2)3)15-8-6-5-7-13(14)15/h5-8,12,14,16H,4,9-11H2,1-3H3. The first-order valence-electron chi connectivity index (χ1n) is 6.79. The molecule has 2 rings (SSSR count). The summed E-state index contributed by atoms with van der Waals surface area (Å²) in [6.07, 6.45) is 1.22. The van der Waals surface area contributed by atoms with Crippen LogP contribution >= 0.6 is 0 Å². The number of para-hydroxylation sites is 1. The molecule has 0 bridgehead atoms. The van der Waals surface area contributed by atoms with Crippen LogP contribution in [0.15, 0.2) is 24.3 Å². The van der Waals surface area contributed by atoms with E-state index in [0.29, 0.717) is 6.04 Å². The van der Waals surface area contributed by atoms with Crippen molar-refractivity contribution >= 4 is 5.69 Å². The van der Waals surface area contributed by atoms with Crippen molar-refractivity contribution in [1.82, 2.24) is 5.32 Å². The topological polar surface area (TPSA) is 15.3 Å². The Balaban J connectivity index is 2.23. The predicted octanol–water partition coefficient (Wildman–Crippen LogP) is 3.20. The fraction of sp³-hybridized carbons (Fsp3) is 0.600. The second-order valence-electron chi connectivity index (χ2n) is 5.30. The van der Waals surface area contributed by atoms with Crippen molar-refractivity contribution in [2.24, 2.45) is 5.92 Å². The number of fused-ring (bicyclic) bond motifs is 1. The van der Waals surface area contributed by atoms with Gasteiger partial charge in [0.05, 0.1) is 0 Å². The lowest BCUT2D eigenvalue weighted by Gasteiger charge is -2.37. The summed E-state index contributed by atoms with van der Waals surface area (Å²) in [7, 11) is 0. The molecule has 0 spiro atoms. The fourth-order valence-corrected chi connectivity index (χ4v) is 2.72. The van der Waals surface area contributed by atoms with Gasteiger partial charge in [-0.3, -0.25) is 0 Å². The lowest BCUT2D eigenvalue weighted by molar-refractivity contribution is 0.476. The second kappa shape index (κ2) is 5.54. The molecule has 1 aliphatic rings. The van der Waals surface area contributed by atoms with Gasteiger partial charge in [0.2, 0.25) is 0 Å². The van der Waals surface area contributed by atoms with Crippen LogP contribution in [0.4, 0.5) is 5.69 Å². The first-order chi connectivity index (χ1) is 8.22. The molecule has 1 heterocycles. The Kier molecular flexibility index (Phi) is 4.06. The van der Waals surface area contributed by atoms with Gasteiger partial charge < -0.3 is 10.2 Å². The Morgan fingerprint density at radius 3 is 2.82 bits per heavy atom. The van der Waals surface area contributed by atoms with Gasteiger partial charge in [0, 0.05) is 24.8 Å². The zero-order valence-corrected chi connectivity index (χ0v) is 11.2. The van der Waals surface area contributed by atoms with Crippen molar-refractivity contribution < 1.29 is 0 Å². The number of nitrogens with one attached hydrogen (secondary N) is 1. The van der Waals surface area contributed by atoms with E-state index < -0.39 is 0 Å². The minimum absolute atomic E-state index is 0.541. The number of rotatable bonds is 4. The molecule has 1 atom stereocenters. The number of benzene rings is 1. The fourth-order valence-electron chi connectivity index (χ4n) is 2.72. The molecule has 1 aliphatic heterocycles. The second-order valence-corrected chi connectivity index (χ2v) is 5.30. The largest absolute Gasteiger partial charge is 0.371 e. The van der Waals surface area contributed by atoms with Crippen molar-refractivity contribution in [2.75, 3.05) is 24.5 Å². The molecule has 17 heavy (non-hydrogen) atoms. The summed E-state index contributed by atoms with van der Waals surface area (Å²) in [5, 5.41) is 3.59. The Morgan fingerprint density at radius 2 is 2.12 bits per heavy atom. The first-order valence-corrected chi connectivity index (χ1v) is 6.79. The summed E-state index contributed by atoms with van der Waals surface area (Å²) >= 11 is 0. The zero-order valence-electron chi connectivity index (χ0n) is 11.2. The average molecular weight is 232 g/mol. The Bertz CT molecular complexity index is 360. The van der Waals surface area contributed by atoms with Crippen LogP contribution in [0.1, 0.15) is 38.8 Å². The minimum Gasteiger partial charge on any atom is -0.371 e. The average Bonchev–Trinajstić information content (AvgIpc) is 2.32. The van der Waals surface area contributed by atoms with Gasteiger partial charge in [-0.05, 0) is 30.5 Å². The van der Waals surface area contributed by atoms with Gasteiger partial charge in [0.25, 0.3) is 0 Å². The molecule has 0 fully saturated rings. The molecule has 0 aromatic heterocycles. The van der Waals surface area contributed by atoms with Crippen molar-refractivity contribution in [3.8, 4) is 0 Å². The van der Waals surface area contributed by atoms with Crippen LogP contribution in [0.25, 0.3) is 0 Å². The smallest absolute Gasteiger partial charge is 0.0414 e. The molecule has 94 valence electrons. The summed E-state index contributed by atoms with van der Waals surface area (Å²) in [4.78, 5) is 2.54. The van der Waals surface area contributed by atoms with Crippen molar-refractivity contribution in [3.05, 3.63) is 29.8 Å². The van der Waals surface area contributed by atoms with Crippen LogP contribution in [-0.4, -0.2) is 19.6 Å². The molecule has 0 radical (unpaired) electrons. The molecule has 1 aromatic rings. The molecule has 0 saturated carbocycles. The van der Waals surface area contributed by atoms with Crippen LogP contribution in [0.3, 0.4) is 0 Å². The zero-order chi connectivity index (χ0) is 12.3. The van der Waals surface area contributed by atoms with Crippen molar-refractivity contribution in [1.29, 1.82) is 0 Å². The minimum atomic E-state index is 0.541. The Hall–Kier alpha value is -1.02.